The summed E-state index contributed by atoms with van der Waals surface area (Å²) in [5.74, 6) is 0. The van der Waals surface area contributed by atoms with Crippen LogP contribution in [0.4, 0.5) is 0 Å². The van der Waals surface area contributed by atoms with E-state index in [2.05, 4.69) is 45.6 Å². The van der Waals surface area contributed by atoms with E-state index in [-0.39, 0.29) is 5.41 Å². The predicted octanol–water partition coefficient (Wildman–Crippen LogP) is 4.65. The van der Waals surface area contributed by atoms with E-state index in [9.17, 15) is 0 Å². The highest BCUT2D eigenvalue weighted by Gasteiger charge is 2.46. The summed E-state index contributed by atoms with van der Waals surface area (Å²) in [5.41, 5.74) is 3.61. The number of rotatable bonds is 0. The first-order valence-corrected chi connectivity index (χ1v) is 5.99. The first-order valence-electron chi connectivity index (χ1n) is 5.99. The topological polar surface area (TPSA) is 0 Å². The lowest BCUT2D eigenvalue weighted by atomic mass is 9.53. The molecule has 0 saturated carbocycles. The summed E-state index contributed by atoms with van der Waals surface area (Å²) >= 11 is 0. The van der Waals surface area contributed by atoms with Crippen LogP contribution >= 0.6 is 0 Å². The Hall–Kier alpha value is -0.780. The van der Waals surface area contributed by atoms with Crippen LogP contribution in [0.5, 0.6) is 0 Å². The standard InChI is InChI=1S/C15H22/c1-12-7-10-15(11-8-12)13(2)6-5-9-14(15,3)4/h5,7,9H,2,6,8,10-11H2,1,3-4H3/t15-/m0/s1. The van der Waals surface area contributed by atoms with Gasteiger partial charge in [0.15, 0.2) is 0 Å². The van der Waals surface area contributed by atoms with Crippen molar-refractivity contribution < 1.29 is 0 Å². The van der Waals surface area contributed by atoms with Crippen LogP contribution < -0.4 is 0 Å². The Kier molecular flexibility index (Phi) is 2.41. The van der Waals surface area contributed by atoms with Gasteiger partial charge in [0.25, 0.3) is 0 Å². The SMILES string of the molecule is C=C1CC=CC(C)(C)[C@]12CC=C(C)CC2. The maximum atomic E-state index is 4.33. The van der Waals surface area contributed by atoms with Crippen molar-refractivity contribution >= 4 is 0 Å². The molecular formula is C15H22. The minimum atomic E-state index is 0.277. The predicted molar refractivity (Wildman–Crippen MR) is 66.7 cm³/mol. The smallest absolute Gasteiger partial charge is 0.00354 e. The van der Waals surface area contributed by atoms with Crippen molar-refractivity contribution in [1.29, 1.82) is 0 Å². The molecule has 0 heterocycles. The molecule has 0 N–H and O–H groups in total. The van der Waals surface area contributed by atoms with Gasteiger partial charge in [-0.3, -0.25) is 0 Å². The third-order valence-corrected chi connectivity index (χ3v) is 4.55. The molecule has 82 valence electrons. The quantitative estimate of drug-likeness (QED) is 0.502. The average molecular weight is 202 g/mol. The largest absolute Gasteiger partial charge is 0.0989 e. The maximum Gasteiger partial charge on any atom is 0.00354 e. The lowest BCUT2D eigenvalue weighted by Gasteiger charge is -2.50. The second-order valence-corrected chi connectivity index (χ2v) is 5.77. The van der Waals surface area contributed by atoms with Crippen LogP contribution in [0, 0.1) is 10.8 Å². The van der Waals surface area contributed by atoms with Gasteiger partial charge >= 0.3 is 0 Å². The second-order valence-electron chi connectivity index (χ2n) is 5.77. The molecule has 0 aromatic heterocycles. The van der Waals surface area contributed by atoms with Gasteiger partial charge in [-0.25, -0.2) is 0 Å². The van der Waals surface area contributed by atoms with Crippen molar-refractivity contribution in [2.45, 2.75) is 46.5 Å². The minimum Gasteiger partial charge on any atom is -0.0989 e. The average Bonchev–Trinajstić information content (AvgIpc) is 2.16. The maximum absolute atomic E-state index is 4.33. The third kappa shape index (κ3) is 1.51. The Morgan fingerprint density at radius 3 is 2.60 bits per heavy atom. The van der Waals surface area contributed by atoms with E-state index in [0.29, 0.717) is 5.41 Å². The molecule has 0 amide bonds. The monoisotopic (exact) mass is 202 g/mol. The Morgan fingerprint density at radius 2 is 2.07 bits per heavy atom. The third-order valence-electron chi connectivity index (χ3n) is 4.55. The molecule has 0 aromatic carbocycles. The Labute approximate surface area is 93.8 Å². The van der Waals surface area contributed by atoms with Crippen molar-refractivity contribution in [3.63, 3.8) is 0 Å². The lowest BCUT2D eigenvalue weighted by Crippen LogP contribution is -2.40. The second kappa shape index (κ2) is 3.37. The van der Waals surface area contributed by atoms with Gasteiger partial charge in [-0.05, 0) is 38.0 Å². The minimum absolute atomic E-state index is 0.277. The molecule has 2 rings (SSSR count). The fraction of sp³-hybridized carbons (Fsp3) is 0.600. The van der Waals surface area contributed by atoms with Crippen molar-refractivity contribution in [2.75, 3.05) is 0 Å². The van der Waals surface area contributed by atoms with Gasteiger partial charge in [-0.15, -0.1) is 0 Å². The molecule has 0 aromatic rings. The number of hydrogen-bond donors (Lipinski definition) is 0. The van der Waals surface area contributed by atoms with Gasteiger partial charge in [0, 0.05) is 5.41 Å². The van der Waals surface area contributed by atoms with Crippen molar-refractivity contribution in [2.24, 2.45) is 10.8 Å². The summed E-state index contributed by atoms with van der Waals surface area (Å²) in [6.45, 7) is 11.3. The Balaban J connectivity index is 2.41. The molecule has 1 spiro atoms. The highest BCUT2D eigenvalue weighted by atomic mass is 14.5. The summed E-state index contributed by atoms with van der Waals surface area (Å²) in [5, 5.41) is 0. The molecule has 2 aliphatic rings. The highest BCUT2D eigenvalue weighted by Crippen LogP contribution is 2.57. The van der Waals surface area contributed by atoms with Crippen LogP contribution in [0.25, 0.3) is 0 Å². The Morgan fingerprint density at radius 1 is 1.33 bits per heavy atom. The molecule has 1 atom stereocenters. The van der Waals surface area contributed by atoms with Crippen LogP contribution in [-0.2, 0) is 0 Å². The van der Waals surface area contributed by atoms with E-state index in [0.717, 1.165) is 6.42 Å². The van der Waals surface area contributed by atoms with Gasteiger partial charge < -0.3 is 0 Å². The lowest BCUT2D eigenvalue weighted by molar-refractivity contribution is 0.135. The van der Waals surface area contributed by atoms with Crippen LogP contribution in [-0.4, -0.2) is 0 Å². The first kappa shape index (κ1) is 10.7. The van der Waals surface area contributed by atoms with Crippen molar-refractivity contribution in [3.8, 4) is 0 Å². The van der Waals surface area contributed by atoms with E-state index in [1.54, 1.807) is 5.57 Å². The summed E-state index contributed by atoms with van der Waals surface area (Å²) in [4.78, 5) is 0. The molecule has 0 fully saturated rings. The summed E-state index contributed by atoms with van der Waals surface area (Å²) < 4.78 is 0. The number of allylic oxidation sites excluding steroid dienone is 5. The molecule has 0 aliphatic heterocycles. The van der Waals surface area contributed by atoms with Crippen LogP contribution in [0.15, 0.2) is 36.0 Å². The number of hydrogen-bond acceptors (Lipinski definition) is 0. The first-order chi connectivity index (χ1) is 6.98. The van der Waals surface area contributed by atoms with E-state index in [4.69, 9.17) is 0 Å². The normalized spacial score (nSPS) is 34.3. The summed E-state index contributed by atoms with van der Waals surface area (Å²) in [7, 11) is 0. The fourth-order valence-electron chi connectivity index (χ4n) is 3.18. The molecule has 2 aliphatic carbocycles. The molecule has 15 heavy (non-hydrogen) atoms. The highest BCUT2D eigenvalue weighted by molar-refractivity contribution is 5.30. The van der Waals surface area contributed by atoms with Crippen LogP contribution in [0.3, 0.4) is 0 Å². The van der Waals surface area contributed by atoms with E-state index in [1.807, 2.05) is 0 Å². The molecule has 0 nitrogen and oxygen atoms in total. The van der Waals surface area contributed by atoms with Gasteiger partial charge in [-0.1, -0.05) is 49.8 Å². The molecule has 0 heteroatoms. The zero-order valence-corrected chi connectivity index (χ0v) is 10.3. The summed E-state index contributed by atoms with van der Waals surface area (Å²) in [6.07, 6.45) is 11.9. The van der Waals surface area contributed by atoms with Gasteiger partial charge in [0.2, 0.25) is 0 Å². The van der Waals surface area contributed by atoms with E-state index < -0.39 is 0 Å². The van der Waals surface area contributed by atoms with Crippen LogP contribution in [0.2, 0.25) is 0 Å². The Bertz CT molecular complexity index is 341. The van der Waals surface area contributed by atoms with Gasteiger partial charge in [0.05, 0.1) is 0 Å². The molecule has 0 bridgehead atoms. The molecule has 0 radical (unpaired) electrons. The molecular weight excluding hydrogens is 180 g/mol. The van der Waals surface area contributed by atoms with Gasteiger partial charge in [0.1, 0.15) is 0 Å². The molecule has 0 unspecified atom stereocenters. The zero-order chi connectivity index (χ0) is 11.1. The summed E-state index contributed by atoms with van der Waals surface area (Å²) in [6, 6.07) is 0. The zero-order valence-electron chi connectivity index (χ0n) is 10.3. The molecule has 0 saturated heterocycles. The van der Waals surface area contributed by atoms with Gasteiger partial charge in [-0.2, -0.15) is 0 Å². The van der Waals surface area contributed by atoms with Crippen molar-refractivity contribution in [3.05, 3.63) is 36.0 Å². The fourth-order valence-corrected chi connectivity index (χ4v) is 3.18. The van der Waals surface area contributed by atoms with E-state index >= 15 is 0 Å². The van der Waals surface area contributed by atoms with E-state index in [1.165, 1.54) is 24.8 Å². The van der Waals surface area contributed by atoms with Crippen LogP contribution in [0.1, 0.15) is 46.5 Å². The van der Waals surface area contributed by atoms with Crippen molar-refractivity contribution in [1.82, 2.24) is 0 Å².